The molecule has 184 valence electrons. The van der Waals surface area contributed by atoms with Gasteiger partial charge in [-0.1, -0.05) is 17.7 Å². The summed E-state index contributed by atoms with van der Waals surface area (Å²) in [7, 11) is 1.58. The third-order valence-electron chi connectivity index (χ3n) is 6.35. The van der Waals surface area contributed by atoms with Crippen LogP contribution in [0, 0.1) is 25.0 Å². The smallest absolute Gasteiger partial charge is 0.416 e. The third kappa shape index (κ3) is 5.91. The van der Waals surface area contributed by atoms with Gasteiger partial charge in [0.25, 0.3) is 5.91 Å². The Hall–Kier alpha value is -3.18. The van der Waals surface area contributed by atoms with Crippen molar-refractivity contribution in [2.75, 3.05) is 7.11 Å². The largest absolute Gasteiger partial charge is 0.489 e. The molecule has 2 aromatic carbocycles. The number of aryl methyl sites for hydroxylation is 1. The van der Waals surface area contributed by atoms with Crippen molar-refractivity contribution in [3.8, 4) is 17.0 Å². The van der Waals surface area contributed by atoms with E-state index < -0.39 is 17.6 Å². The maximum Gasteiger partial charge on any atom is 0.416 e. The fourth-order valence-electron chi connectivity index (χ4n) is 4.34. The molecular weight excluding hydrogens is 479 g/mol. The molecule has 9 heteroatoms. The minimum absolute atomic E-state index is 0.000789. The van der Waals surface area contributed by atoms with Crippen LogP contribution >= 0.6 is 11.6 Å². The maximum absolute atomic E-state index is 13.0. The fourth-order valence-corrected chi connectivity index (χ4v) is 4.54. The van der Waals surface area contributed by atoms with Crippen LogP contribution in [-0.2, 0) is 12.7 Å². The number of amides is 1. The van der Waals surface area contributed by atoms with Gasteiger partial charge in [0, 0.05) is 18.3 Å². The van der Waals surface area contributed by atoms with Crippen LogP contribution < -0.4 is 10.1 Å². The van der Waals surface area contributed by atoms with Crippen LogP contribution in [0.5, 0.6) is 5.75 Å². The summed E-state index contributed by atoms with van der Waals surface area (Å²) in [6.45, 7) is 2.76. The van der Waals surface area contributed by atoms with Crippen LogP contribution in [0.15, 0.2) is 36.4 Å². The first-order chi connectivity index (χ1) is 16.6. The SMILES string of the molecule is COc1c#cc(-c2cc(C)n(CC3CCC(NC(=O)c4cc(C(F)(F)F)ccc4Cl)CC3)n2)cc1. The average molecular weight is 504 g/mol. The number of alkyl halides is 3. The maximum atomic E-state index is 13.0. The number of hydrogen-bond acceptors (Lipinski definition) is 3. The summed E-state index contributed by atoms with van der Waals surface area (Å²) in [5.41, 5.74) is 1.65. The molecule has 35 heavy (non-hydrogen) atoms. The van der Waals surface area contributed by atoms with Gasteiger partial charge in [-0.05, 0) is 81.0 Å². The van der Waals surface area contributed by atoms with Crippen molar-refractivity contribution in [2.45, 2.75) is 51.4 Å². The van der Waals surface area contributed by atoms with Gasteiger partial charge in [-0.25, -0.2) is 0 Å². The Bertz CT molecular complexity index is 1180. The van der Waals surface area contributed by atoms with Crippen molar-refractivity contribution >= 4 is 17.5 Å². The van der Waals surface area contributed by atoms with E-state index in [0.717, 1.165) is 67.4 Å². The molecule has 0 spiro atoms. The second kappa shape index (κ2) is 10.2. The summed E-state index contributed by atoms with van der Waals surface area (Å²) in [5.74, 6) is 0.423. The number of rotatable bonds is 6. The van der Waals surface area contributed by atoms with Crippen molar-refractivity contribution in [3.05, 3.63) is 70.4 Å². The molecule has 1 amide bonds. The number of ether oxygens (including phenoxy) is 1. The number of benzene rings is 1. The van der Waals surface area contributed by atoms with Crippen LogP contribution in [0.3, 0.4) is 0 Å². The molecule has 0 unspecified atom stereocenters. The molecule has 1 fully saturated rings. The molecule has 1 saturated carbocycles. The van der Waals surface area contributed by atoms with Gasteiger partial charge < -0.3 is 10.1 Å². The molecule has 0 saturated heterocycles. The number of halogens is 4. The number of nitrogens with one attached hydrogen (secondary N) is 1. The summed E-state index contributed by atoms with van der Waals surface area (Å²) < 4.78 is 46.1. The molecule has 0 radical (unpaired) electrons. The Balaban J connectivity index is 1.33. The zero-order valence-electron chi connectivity index (χ0n) is 19.4. The van der Waals surface area contributed by atoms with E-state index in [4.69, 9.17) is 21.4 Å². The minimum atomic E-state index is -4.54. The van der Waals surface area contributed by atoms with E-state index in [0.29, 0.717) is 11.7 Å². The first-order valence-electron chi connectivity index (χ1n) is 11.3. The number of carbonyl (C=O) groups is 1. The van der Waals surface area contributed by atoms with Gasteiger partial charge in [0.05, 0.1) is 28.8 Å². The Morgan fingerprint density at radius 3 is 2.54 bits per heavy atom. The molecule has 0 atom stereocenters. The van der Waals surface area contributed by atoms with E-state index in [2.05, 4.69) is 17.4 Å². The molecule has 1 heterocycles. The van der Waals surface area contributed by atoms with E-state index in [1.807, 2.05) is 29.8 Å². The lowest BCUT2D eigenvalue weighted by Gasteiger charge is -2.29. The molecule has 0 bridgehead atoms. The van der Waals surface area contributed by atoms with Gasteiger partial charge in [0.1, 0.15) is 5.69 Å². The Labute approximate surface area is 207 Å². The van der Waals surface area contributed by atoms with E-state index in [-0.39, 0.29) is 16.6 Å². The topological polar surface area (TPSA) is 56.1 Å². The van der Waals surface area contributed by atoms with Crippen LogP contribution in [0.4, 0.5) is 13.2 Å². The summed E-state index contributed by atoms with van der Waals surface area (Å²) in [6, 6.07) is 14.4. The fraction of sp³-hybridized carbons (Fsp3) is 0.385. The lowest BCUT2D eigenvalue weighted by atomic mass is 9.86. The van der Waals surface area contributed by atoms with Gasteiger partial charge in [-0.3, -0.25) is 9.48 Å². The number of nitrogens with zero attached hydrogens (tertiary/aromatic N) is 2. The standard InChI is InChI=1S/C26H25ClF3N3O2/c1-16-13-24(18-5-10-21(35-2)11-6-18)32-33(16)15-17-3-8-20(9-4-17)31-25(34)22-14-19(26(28,29)30)7-12-23(22)27/h5,7,10,12-14,17,20H,3-4,8-9,15H2,1-2H3,(H,31,34). The highest BCUT2D eigenvalue weighted by Gasteiger charge is 2.32. The van der Waals surface area contributed by atoms with Crippen molar-refractivity contribution in [2.24, 2.45) is 5.92 Å². The molecule has 4 rings (SSSR count). The second-order valence-corrected chi connectivity index (χ2v) is 9.21. The van der Waals surface area contributed by atoms with Gasteiger partial charge >= 0.3 is 6.18 Å². The molecule has 0 aliphatic heterocycles. The summed E-state index contributed by atoms with van der Waals surface area (Å²) in [6.07, 6.45) is -1.31. The summed E-state index contributed by atoms with van der Waals surface area (Å²) >= 11 is 6.00. The van der Waals surface area contributed by atoms with Gasteiger partial charge in [-0.2, -0.15) is 18.3 Å². The third-order valence-corrected chi connectivity index (χ3v) is 6.68. The Kier molecular flexibility index (Phi) is 7.27. The van der Waals surface area contributed by atoms with Gasteiger partial charge in [0.15, 0.2) is 5.75 Å². The predicted octanol–water partition coefficient (Wildman–Crippen LogP) is 6.13. The monoisotopic (exact) mass is 503 g/mol. The van der Waals surface area contributed by atoms with Gasteiger partial charge in [-0.15, -0.1) is 0 Å². The lowest BCUT2D eigenvalue weighted by molar-refractivity contribution is -0.137. The number of methoxy groups -OCH3 is 1. The van der Waals surface area contributed by atoms with Crippen LogP contribution in [0.25, 0.3) is 11.3 Å². The molecule has 3 aromatic rings. The zero-order chi connectivity index (χ0) is 25.2. The average Bonchev–Trinajstić information content (AvgIpc) is 3.19. The Morgan fingerprint density at radius 2 is 1.91 bits per heavy atom. The molecule has 5 nitrogen and oxygen atoms in total. The Morgan fingerprint density at radius 1 is 1.17 bits per heavy atom. The highest BCUT2D eigenvalue weighted by Crippen LogP contribution is 2.32. The van der Waals surface area contributed by atoms with Crippen molar-refractivity contribution in [1.82, 2.24) is 15.1 Å². The molecule has 1 N–H and O–H groups in total. The quantitative estimate of drug-likeness (QED) is 0.440. The highest BCUT2D eigenvalue weighted by molar-refractivity contribution is 6.33. The van der Waals surface area contributed by atoms with Crippen molar-refractivity contribution in [3.63, 3.8) is 0 Å². The normalized spacial score (nSPS) is 18.1. The highest BCUT2D eigenvalue weighted by atomic mass is 35.5. The van der Waals surface area contributed by atoms with Crippen molar-refractivity contribution in [1.29, 1.82) is 0 Å². The molecule has 1 aliphatic rings. The van der Waals surface area contributed by atoms with E-state index >= 15 is 0 Å². The van der Waals surface area contributed by atoms with Crippen LogP contribution in [0.1, 0.15) is 47.3 Å². The first-order valence-corrected chi connectivity index (χ1v) is 11.7. The van der Waals surface area contributed by atoms with Crippen LogP contribution in [0.2, 0.25) is 5.02 Å². The molecule has 1 aromatic heterocycles. The number of hydrogen-bond donors (Lipinski definition) is 1. The van der Waals surface area contributed by atoms with E-state index in [9.17, 15) is 18.0 Å². The second-order valence-electron chi connectivity index (χ2n) is 8.80. The summed E-state index contributed by atoms with van der Waals surface area (Å²) in [5, 5.41) is 7.58. The molecular formula is C26H25ClF3N3O2. The minimum Gasteiger partial charge on any atom is -0.489 e. The van der Waals surface area contributed by atoms with Gasteiger partial charge in [0.2, 0.25) is 0 Å². The number of aromatic nitrogens is 2. The van der Waals surface area contributed by atoms with E-state index in [1.54, 1.807) is 7.11 Å². The van der Waals surface area contributed by atoms with E-state index in [1.165, 1.54) is 0 Å². The molecule has 1 aliphatic carbocycles. The lowest BCUT2D eigenvalue weighted by Crippen LogP contribution is -2.38. The first kappa shape index (κ1) is 24.9. The summed E-state index contributed by atoms with van der Waals surface area (Å²) in [4.78, 5) is 12.6. The zero-order valence-corrected chi connectivity index (χ0v) is 20.1. The van der Waals surface area contributed by atoms with Crippen molar-refractivity contribution < 1.29 is 22.7 Å². The number of carbonyl (C=O) groups excluding carboxylic acids is 1. The van der Waals surface area contributed by atoms with Crippen LogP contribution in [-0.4, -0.2) is 28.8 Å². The predicted molar refractivity (Wildman–Crippen MR) is 126 cm³/mol.